The molecule has 0 radical (unpaired) electrons. The summed E-state index contributed by atoms with van der Waals surface area (Å²) in [6, 6.07) is 7.13. The highest BCUT2D eigenvalue weighted by Crippen LogP contribution is 2.30. The highest BCUT2D eigenvalue weighted by molar-refractivity contribution is 7.90. The number of rotatable bonds is 4. The molecule has 1 unspecified atom stereocenters. The summed E-state index contributed by atoms with van der Waals surface area (Å²) in [7, 11) is -0.0749. The van der Waals surface area contributed by atoms with Gasteiger partial charge in [0.25, 0.3) is 10.0 Å². The van der Waals surface area contributed by atoms with Gasteiger partial charge in [-0.05, 0) is 18.6 Å². The Balaban J connectivity index is 1.52. The first kappa shape index (κ1) is 17.4. The van der Waals surface area contributed by atoms with E-state index in [1.54, 1.807) is 19.2 Å². The number of hydrogen-bond donors (Lipinski definition) is 0. The van der Waals surface area contributed by atoms with Crippen molar-refractivity contribution >= 4 is 32.5 Å². The molecule has 1 aromatic heterocycles. The topological polar surface area (TPSA) is 88.0 Å². The van der Waals surface area contributed by atoms with Gasteiger partial charge in [0.05, 0.1) is 0 Å². The molecule has 0 bridgehead atoms. The number of benzene rings is 1. The average molecular weight is 393 g/mol. The van der Waals surface area contributed by atoms with Gasteiger partial charge in [-0.3, -0.25) is 0 Å². The van der Waals surface area contributed by atoms with Crippen LogP contribution in [0, 0.1) is 0 Å². The van der Waals surface area contributed by atoms with Crippen LogP contribution in [0.25, 0.3) is 0 Å². The van der Waals surface area contributed by atoms with Crippen molar-refractivity contribution < 1.29 is 13.2 Å². The molecule has 8 nitrogen and oxygen atoms in total. The normalized spacial score (nSPS) is 20.9. The maximum absolute atomic E-state index is 12.3. The summed E-state index contributed by atoms with van der Waals surface area (Å²) < 4.78 is 37.9. The van der Waals surface area contributed by atoms with E-state index in [-0.39, 0.29) is 10.9 Å². The Morgan fingerprint density at radius 2 is 2.19 bits per heavy atom. The average Bonchev–Trinajstić information content (AvgIpc) is 3.33. The number of anilines is 1. The molecule has 0 spiro atoms. The monoisotopic (exact) mass is 393 g/mol. The lowest BCUT2D eigenvalue weighted by Gasteiger charge is -2.26. The van der Waals surface area contributed by atoms with E-state index >= 15 is 0 Å². The van der Waals surface area contributed by atoms with Gasteiger partial charge >= 0.3 is 0 Å². The zero-order valence-corrected chi connectivity index (χ0v) is 16.1. The highest BCUT2D eigenvalue weighted by atomic mass is 32.2. The summed E-state index contributed by atoms with van der Waals surface area (Å²) in [6.45, 7) is 2.00. The third-order valence-electron chi connectivity index (χ3n) is 4.66. The fraction of sp³-hybridized carbons (Fsp3) is 0.438. The zero-order valence-electron chi connectivity index (χ0n) is 14.5. The smallest absolute Gasteiger partial charge is 0.285 e. The van der Waals surface area contributed by atoms with E-state index < -0.39 is 10.0 Å². The fourth-order valence-electron chi connectivity index (χ4n) is 3.31. The Kier molecular flexibility index (Phi) is 4.41. The largest absolute Gasteiger partial charge is 0.377 e. The van der Waals surface area contributed by atoms with Crippen LogP contribution in [0.3, 0.4) is 0 Å². The molecule has 26 heavy (non-hydrogen) atoms. The minimum atomic E-state index is -3.60. The Labute approximate surface area is 156 Å². The van der Waals surface area contributed by atoms with E-state index in [0.29, 0.717) is 23.8 Å². The molecule has 2 aliphatic heterocycles. The van der Waals surface area contributed by atoms with Crippen LogP contribution in [0.15, 0.2) is 33.6 Å². The Hall–Kier alpha value is -2.04. The zero-order chi connectivity index (χ0) is 18.3. The number of fused-ring (bicyclic) bond motifs is 1. The number of aromatic nitrogens is 2. The Morgan fingerprint density at radius 3 is 3.00 bits per heavy atom. The van der Waals surface area contributed by atoms with Gasteiger partial charge in [-0.2, -0.15) is 12.8 Å². The molecule has 0 aliphatic carbocycles. The van der Waals surface area contributed by atoms with Crippen LogP contribution in [0.2, 0.25) is 0 Å². The lowest BCUT2D eigenvalue weighted by atomic mass is 10.1. The quantitative estimate of drug-likeness (QED) is 0.775. The number of sulfonamides is 1. The second-order valence-electron chi connectivity index (χ2n) is 6.31. The Bertz CT molecular complexity index is 956. The first-order valence-corrected chi connectivity index (χ1v) is 10.4. The van der Waals surface area contributed by atoms with Gasteiger partial charge in [0.15, 0.2) is 11.7 Å². The van der Waals surface area contributed by atoms with Crippen molar-refractivity contribution in [3.8, 4) is 0 Å². The lowest BCUT2D eigenvalue weighted by molar-refractivity contribution is 0.179. The summed E-state index contributed by atoms with van der Waals surface area (Å²) in [4.78, 5) is 8.93. The van der Waals surface area contributed by atoms with Gasteiger partial charge < -0.3 is 14.5 Å². The molecule has 4 rings (SSSR count). The van der Waals surface area contributed by atoms with Gasteiger partial charge in [-0.1, -0.05) is 12.1 Å². The fourth-order valence-corrected chi connectivity index (χ4v) is 5.26. The molecular formula is C16H19N5O3S2. The number of amidine groups is 1. The maximum atomic E-state index is 12.3. The lowest BCUT2D eigenvalue weighted by Crippen LogP contribution is -2.39. The SMILES string of the molecule is COCc1nsc(N2CCC(N(C)C3=NS(=O)(=O)c4ccccc43)C2)n1. The van der Waals surface area contributed by atoms with Crippen molar-refractivity contribution in [3.63, 3.8) is 0 Å². The van der Waals surface area contributed by atoms with Crippen LogP contribution < -0.4 is 4.90 Å². The van der Waals surface area contributed by atoms with Gasteiger partial charge in [0, 0.05) is 50.4 Å². The highest BCUT2D eigenvalue weighted by Gasteiger charge is 2.35. The van der Waals surface area contributed by atoms with E-state index in [9.17, 15) is 8.42 Å². The summed E-state index contributed by atoms with van der Waals surface area (Å²) in [6.07, 6.45) is 0.900. The van der Waals surface area contributed by atoms with Gasteiger partial charge in [0.1, 0.15) is 11.5 Å². The van der Waals surface area contributed by atoms with Crippen molar-refractivity contribution in [1.82, 2.24) is 14.3 Å². The molecule has 1 aromatic carbocycles. The first-order chi connectivity index (χ1) is 12.5. The minimum absolute atomic E-state index is 0.157. The molecule has 2 aliphatic rings. The molecule has 138 valence electrons. The van der Waals surface area contributed by atoms with E-state index in [4.69, 9.17) is 4.74 Å². The van der Waals surface area contributed by atoms with Crippen molar-refractivity contribution in [1.29, 1.82) is 0 Å². The van der Waals surface area contributed by atoms with Crippen molar-refractivity contribution in [2.24, 2.45) is 4.40 Å². The number of likely N-dealkylation sites (N-methyl/N-ethyl adjacent to an activating group) is 1. The van der Waals surface area contributed by atoms with E-state index in [1.165, 1.54) is 11.5 Å². The summed E-state index contributed by atoms with van der Waals surface area (Å²) in [5.41, 5.74) is 0.673. The van der Waals surface area contributed by atoms with Crippen LogP contribution in [-0.4, -0.2) is 61.8 Å². The van der Waals surface area contributed by atoms with Crippen LogP contribution in [0.5, 0.6) is 0 Å². The molecule has 2 aromatic rings. The number of methoxy groups -OCH3 is 1. The van der Waals surface area contributed by atoms with Crippen LogP contribution >= 0.6 is 11.5 Å². The number of hydrogen-bond acceptors (Lipinski definition) is 8. The summed E-state index contributed by atoms with van der Waals surface area (Å²) in [5.74, 6) is 1.20. The number of ether oxygens (including phenoxy) is 1. The predicted octanol–water partition coefficient (Wildman–Crippen LogP) is 1.34. The van der Waals surface area contributed by atoms with E-state index in [0.717, 1.165) is 24.6 Å². The Morgan fingerprint density at radius 1 is 1.38 bits per heavy atom. The van der Waals surface area contributed by atoms with Crippen molar-refractivity contribution in [2.45, 2.75) is 24.0 Å². The minimum Gasteiger partial charge on any atom is -0.377 e. The second kappa shape index (κ2) is 6.60. The third kappa shape index (κ3) is 2.97. The molecule has 3 heterocycles. The molecule has 0 N–H and O–H groups in total. The van der Waals surface area contributed by atoms with Crippen LogP contribution in [-0.2, 0) is 21.4 Å². The molecule has 0 amide bonds. The molecule has 1 saturated heterocycles. The second-order valence-corrected chi connectivity index (χ2v) is 8.61. The molecular weight excluding hydrogens is 374 g/mol. The summed E-state index contributed by atoms with van der Waals surface area (Å²) >= 11 is 1.36. The van der Waals surface area contributed by atoms with Gasteiger partial charge in [-0.25, -0.2) is 4.98 Å². The van der Waals surface area contributed by atoms with E-state index in [2.05, 4.69) is 18.7 Å². The molecule has 10 heteroatoms. The van der Waals surface area contributed by atoms with Crippen molar-refractivity contribution in [3.05, 3.63) is 35.7 Å². The van der Waals surface area contributed by atoms with Gasteiger partial charge in [0.2, 0.25) is 5.13 Å². The number of nitrogens with zero attached hydrogens (tertiary/aromatic N) is 5. The van der Waals surface area contributed by atoms with Crippen molar-refractivity contribution in [2.75, 3.05) is 32.1 Å². The standard InChI is InChI=1S/C16H19N5O3S2/c1-20(15-12-5-3-4-6-13(12)26(22,23)19-15)11-7-8-21(9-11)16-17-14(10-24-2)18-25-16/h3-6,11H,7-10H2,1-2H3. The van der Waals surface area contributed by atoms with Crippen LogP contribution in [0.4, 0.5) is 5.13 Å². The maximum Gasteiger partial charge on any atom is 0.285 e. The molecule has 0 saturated carbocycles. The van der Waals surface area contributed by atoms with E-state index in [1.807, 2.05) is 24.1 Å². The van der Waals surface area contributed by atoms with Gasteiger partial charge in [-0.15, -0.1) is 4.40 Å². The summed E-state index contributed by atoms with van der Waals surface area (Å²) in [5, 5.41) is 0.870. The first-order valence-electron chi connectivity index (χ1n) is 8.23. The molecule has 1 atom stereocenters. The van der Waals surface area contributed by atoms with Crippen LogP contribution in [0.1, 0.15) is 17.8 Å². The third-order valence-corrected chi connectivity index (χ3v) is 6.80. The molecule has 1 fully saturated rings. The predicted molar refractivity (Wildman–Crippen MR) is 99.2 cm³/mol.